The molecule has 0 amide bonds. The van der Waals surface area contributed by atoms with E-state index in [0.717, 1.165) is 0 Å². The summed E-state index contributed by atoms with van der Waals surface area (Å²) in [5.41, 5.74) is 0.0767. The third kappa shape index (κ3) is 3.09. The summed E-state index contributed by atoms with van der Waals surface area (Å²) in [4.78, 5) is 21.1. The van der Waals surface area contributed by atoms with Crippen LogP contribution in [0.3, 0.4) is 0 Å². The van der Waals surface area contributed by atoms with Gasteiger partial charge in [-0.15, -0.1) is 0 Å². The van der Waals surface area contributed by atoms with Crippen molar-refractivity contribution >= 4 is 35.1 Å². The number of aliphatic imine (C=N–C) groups is 1. The van der Waals surface area contributed by atoms with Crippen molar-refractivity contribution in [2.45, 2.75) is 0 Å². The van der Waals surface area contributed by atoms with Crippen molar-refractivity contribution < 1.29 is 9.84 Å². The minimum Gasteiger partial charge on any atom is -0.506 e. The molecule has 0 unspecified atom stereocenters. The summed E-state index contributed by atoms with van der Waals surface area (Å²) in [6, 6.07) is 2.91. The molecule has 1 heterocycles. The topological polar surface area (TPSA) is 87.6 Å². The van der Waals surface area contributed by atoms with Gasteiger partial charge in [0.1, 0.15) is 11.4 Å². The summed E-state index contributed by atoms with van der Waals surface area (Å²) in [5.74, 6) is -0.0752. The molecule has 6 nitrogen and oxygen atoms in total. The number of phenolic OH excluding ortho intramolecular Hbond substituents is 1. The fourth-order valence-corrected chi connectivity index (χ4v) is 1.95. The molecule has 1 aromatic heterocycles. The van der Waals surface area contributed by atoms with Crippen LogP contribution in [-0.4, -0.2) is 28.4 Å². The van der Waals surface area contributed by atoms with E-state index in [0.29, 0.717) is 16.3 Å². The van der Waals surface area contributed by atoms with Gasteiger partial charge in [-0.2, -0.15) is 4.98 Å². The number of phenols is 1. The normalized spacial score (nSPS) is 10.9. The molecule has 0 fully saturated rings. The van der Waals surface area contributed by atoms with E-state index >= 15 is 0 Å². The molecule has 2 N–H and O–H groups in total. The van der Waals surface area contributed by atoms with Crippen LogP contribution in [0.25, 0.3) is 0 Å². The SMILES string of the molecule is COc1nc(=O)[nH]cc1/N=C/c1cc(Cl)cc(Cl)c1O. The highest BCUT2D eigenvalue weighted by Crippen LogP contribution is 2.30. The Balaban J connectivity index is 2.42. The van der Waals surface area contributed by atoms with E-state index in [1.165, 1.54) is 31.7 Å². The van der Waals surface area contributed by atoms with E-state index in [4.69, 9.17) is 27.9 Å². The molecular formula is C12H9Cl2N3O3. The Kier molecular flexibility index (Phi) is 4.26. The Morgan fingerprint density at radius 2 is 2.20 bits per heavy atom. The van der Waals surface area contributed by atoms with Gasteiger partial charge in [0.05, 0.1) is 12.1 Å². The number of halogens is 2. The van der Waals surface area contributed by atoms with Crippen molar-refractivity contribution in [1.82, 2.24) is 9.97 Å². The van der Waals surface area contributed by atoms with Crippen LogP contribution in [0.1, 0.15) is 5.56 Å². The van der Waals surface area contributed by atoms with Crippen molar-refractivity contribution in [3.63, 3.8) is 0 Å². The maximum Gasteiger partial charge on any atom is 0.348 e. The summed E-state index contributed by atoms with van der Waals surface area (Å²) in [5, 5.41) is 10.3. The van der Waals surface area contributed by atoms with E-state index < -0.39 is 5.69 Å². The quantitative estimate of drug-likeness (QED) is 0.852. The number of benzene rings is 1. The molecule has 0 aliphatic heterocycles. The van der Waals surface area contributed by atoms with Crippen LogP contribution in [0.4, 0.5) is 5.69 Å². The minimum atomic E-state index is -0.547. The van der Waals surface area contributed by atoms with Gasteiger partial charge in [0.2, 0.25) is 5.88 Å². The zero-order valence-electron chi connectivity index (χ0n) is 10.2. The van der Waals surface area contributed by atoms with Gasteiger partial charge >= 0.3 is 5.69 Å². The van der Waals surface area contributed by atoms with Gasteiger partial charge in [0.15, 0.2) is 0 Å². The van der Waals surface area contributed by atoms with Gasteiger partial charge in [-0.3, -0.25) is 0 Å². The first-order chi connectivity index (χ1) is 9.51. The van der Waals surface area contributed by atoms with Crippen molar-refractivity contribution in [2.75, 3.05) is 7.11 Å². The zero-order chi connectivity index (χ0) is 14.7. The number of rotatable bonds is 3. The Morgan fingerprint density at radius 3 is 2.90 bits per heavy atom. The maximum atomic E-state index is 11.0. The molecule has 0 aliphatic carbocycles. The largest absolute Gasteiger partial charge is 0.506 e. The second kappa shape index (κ2) is 5.94. The maximum absolute atomic E-state index is 11.0. The van der Waals surface area contributed by atoms with E-state index in [1.807, 2.05) is 0 Å². The Bertz CT molecular complexity index is 728. The fraction of sp³-hybridized carbons (Fsp3) is 0.0833. The Labute approximate surface area is 123 Å². The molecule has 0 aliphatic rings. The monoisotopic (exact) mass is 313 g/mol. The van der Waals surface area contributed by atoms with Crippen molar-refractivity contribution in [2.24, 2.45) is 4.99 Å². The molecule has 0 atom stereocenters. The van der Waals surface area contributed by atoms with E-state index in [2.05, 4.69) is 15.0 Å². The predicted molar refractivity (Wildman–Crippen MR) is 76.8 cm³/mol. The number of nitrogens with zero attached hydrogens (tertiary/aromatic N) is 2. The first kappa shape index (κ1) is 14.4. The van der Waals surface area contributed by atoms with Gasteiger partial charge in [0.25, 0.3) is 0 Å². The second-order valence-electron chi connectivity index (χ2n) is 3.68. The van der Waals surface area contributed by atoms with Gasteiger partial charge in [-0.05, 0) is 12.1 Å². The minimum absolute atomic E-state index is 0.0672. The molecule has 0 saturated carbocycles. The van der Waals surface area contributed by atoms with Crippen molar-refractivity contribution in [1.29, 1.82) is 0 Å². The van der Waals surface area contributed by atoms with Crippen LogP contribution in [0.2, 0.25) is 10.0 Å². The van der Waals surface area contributed by atoms with Gasteiger partial charge in [0, 0.05) is 23.0 Å². The lowest BCUT2D eigenvalue weighted by Crippen LogP contribution is -2.09. The van der Waals surface area contributed by atoms with E-state index in [1.54, 1.807) is 0 Å². The number of hydrogen-bond acceptors (Lipinski definition) is 5. The molecule has 0 radical (unpaired) electrons. The van der Waals surface area contributed by atoms with E-state index in [9.17, 15) is 9.90 Å². The molecule has 0 spiro atoms. The molecule has 0 bridgehead atoms. The number of hydrogen-bond donors (Lipinski definition) is 2. The van der Waals surface area contributed by atoms with Gasteiger partial charge in [-0.1, -0.05) is 23.2 Å². The summed E-state index contributed by atoms with van der Waals surface area (Å²) in [6.45, 7) is 0. The van der Waals surface area contributed by atoms with Crippen LogP contribution in [0.5, 0.6) is 11.6 Å². The number of aromatic nitrogens is 2. The number of H-pyrrole nitrogens is 1. The van der Waals surface area contributed by atoms with Gasteiger partial charge in [-0.25, -0.2) is 9.79 Å². The Morgan fingerprint density at radius 1 is 1.45 bits per heavy atom. The molecule has 8 heteroatoms. The highest BCUT2D eigenvalue weighted by molar-refractivity contribution is 6.36. The molecule has 2 aromatic rings. The third-order valence-electron chi connectivity index (χ3n) is 2.35. The van der Waals surface area contributed by atoms with Gasteiger partial charge < -0.3 is 14.8 Å². The summed E-state index contributed by atoms with van der Waals surface area (Å²) in [7, 11) is 1.37. The van der Waals surface area contributed by atoms with Crippen LogP contribution in [0.15, 0.2) is 28.1 Å². The molecule has 2 rings (SSSR count). The zero-order valence-corrected chi connectivity index (χ0v) is 11.7. The second-order valence-corrected chi connectivity index (χ2v) is 4.53. The number of ether oxygens (including phenoxy) is 1. The molecule has 104 valence electrons. The van der Waals surface area contributed by atoms with Crippen LogP contribution in [0, 0.1) is 0 Å². The summed E-state index contributed by atoms with van der Waals surface area (Å²) >= 11 is 11.6. The standard InChI is InChI=1S/C12H9Cl2N3O3/c1-20-11-9(5-16-12(19)17-11)15-4-6-2-7(13)3-8(14)10(6)18/h2-5,18H,1H3,(H,16,17,19)/b15-4+. The number of aromatic hydroxyl groups is 1. The molecule has 1 aromatic carbocycles. The van der Waals surface area contributed by atoms with Crippen molar-refractivity contribution in [3.05, 3.63) is 44.4 Å². The number of nitrogens with one attached hydrogen (secondary N) is 1. The van der Waals surface area contributed by atoms with Crippen LogP contribution >= 0.6 is 23.2 Å². The smallest absolute Gasteiger partial charge is 0.348 e. The Hall–Kier alpha value is -2.05. The van der Waals surface area contributed by atoms with Crippen LogP contribution < -0.4 is 10.4 Å². The molecular weight excluding hydrogens is 305 g/mol. The average molecular weight is 314 g/mol. The summed E-state index contributed by atoms with van der Waals surface area (Å²) < 4.78 is 4.93. The molecule has 0 saturated heterocycles. The lowest BCUT2D eigenvalue weighted by atomic mass is 10.2. The average Bonchev–Trinajstić information content (AvgIpc) is 2.42. The highest BCUT2D eigenvalue weighted by atomic mass is 35.5. The lowest BCUT2D eigenvalue weighted by Gasteiger charge is -2.03. The number of aromatic amines is 1. The number of methoxy groups -OCH3 is 1. The first-order valence-electron chi connectivity index (χ1n) is 5.37. The van der Waals surface area contributed by atoms with Crippen molar-refractivity contribution in [3.8, 4) is 11.6 Å². The third-order valence-corrected chi connectivity index (χ3v) is 2.85. The fourth-order valence-electron chi connectivity index (χ4n) is 1.44. The first-order valence-corrected chi connectivity index (χ1v) is 6.12. The van der Waals surface area contributed by atoms with E-state index in [-0.39, 0.29) is 16.7 Å². The predicted octanol–water partition coefficient (Wildman–Crippen LogP) is 2.54. The highest BCUT2D eigenvalue weighted by Gasteiger charge is 2.07. The summed E-state index contributed by atoms with van der Waals surface area (Å²) in [6.07, 6.45) is 2.68. The lowest BCUT2D eigenvalue weighted by molar-refractivity contribution is 0.397. The molecule has 20 heavy (non-hydrogen) atoms. The van der Waals surface area contributed by atoms with Crippen LogP contribution in [-0.2, 0) is 0 Å².